The van der Waals surface area contributed by atoms with Gasteiger partial charge in [0, 0.05) is 0 Å². The van der Waals surface area contributed by atoms with E-state index < -0.39 is 18.0 Å². The number of aliphatic hydroxyl groups excluding tert-OH is 1. The molecule has 0 saturated heterocycles. The number of aliphatic hydroxyl groups is 1. The Kier molecular flexibility index (Phi) is 1.76. The third-order valence-electron chi connectivity index (χ3n) is 1.78. The average Bonchev–Trinajstić information content (AvgIpc) is 2.13. The van der Waals surface area contributed by atoms with Gasteiger partial charge < -0.3 is 10.2 Å². The van der Waals surface area contributed by atoms with Gasteiger partial charge in [0.2, 0.25) is 0 Å². The molecule has 0 unspecified atom stereocenters. The summed E-state index contributed by atoms with van der Waals surface area (Å²) in [7, 11) is 0. The number of hydrogen-bond donors (Lipinski definition) is 2. The van der Waals surface area contributed by atoms with E-state index in [1.54, 1.807) is 13.0 Å². The number of aliphatic carboxylic acids is 1. The van der Waals surface area contributed by atoms with Crippen LogP contribution in [-0.4, -0.2) is 22.3 Å². The molecule has 0 radical (unpaired) electrons. The molecule has 0 fully saturated rings. The minimum absolute atomic E-state index is 0.334. The highest BCUT2D eigenvalue weighted by Gasteiger charge is 2.26. The largest absolute Gasteiger partial charge is 0.481 e. The Bertz CT molecular complexity index is 183. The predicted molar refractivity (Wildman–Crippen MR) is 35.5 cm³/mol. The van der Waals surface area contributed by atoms with E-state index in [0.29, 0.717) is 6.42 Å². The zero-order chi connectivity index (χ0) is 7.72. The third-order valence-corrected chi connectivity index (χ3v) is 1.78. The van der Waals surface area contributed by atoms with Crippen LogP contribution in [0.1, 0.15) is 13.3 Å². The summed E-state index contributed by atoms with van der Waals surface area (Å²) < 4.78 is 0. The molecule has 3 nitrogen and oxygen atoms in total. The molecule has 0 aromatic carbocycles. The summed E-state index contributed by atoms with van der Waals surface area (Å²) in [5.74, 6) is -1.33. The van der Waals surface area contributed by atoms with E-state index >= 15 is 0 Å². The van der Waals surface area contributed by atoms with Crippen molar-refractivity contribution in [1.82, 2.24) is 0 Å². The van der Waals surface area contributed by atoms with Crippen molar-refractivity contribution in [2.24, 2.45) is 5.92 Å². The van der Waals surface area contributed by atoms with Crippen molar-refractivity contribution in [2.75, 3.05) is 0 Å². The summed E-state index contributed by atoms with van der Waals surface area (Å²) in [6.45, 7) is 1.74. The number of carbonyl (C=O) groups is 1. The lowest BCUT2D eigenvalue weighted by atomic mass is 10.1. The Labute approximate surface area is 59.0 Å². The Morgan fingerprint density at radius 3 is 2.60 bits per heavy atom. The van der Waals surface area contributed by atoms with Gasteiger partial charge in [0.15, 0.2) is 0 Å². The molecular weight excluding hydrogens is 132 g/mol. The van der Waals surface area contributed by atoms with Gasteiger partial charge in [-0.2, -0.15) is 0 Å². The third kappa shape index (κ3) is 1.19. The maximum atomic E-state index is 10.3. The minimum atomic E-state index is -0.851. The average molecular weight is 142 g/mol. The van der Waals surface area contributed by atoms with E-state index in [1.807, 2.05) is 0 Å². The van der Waals surface area contributed by atoms with Crippen molar-refractivity contribution in [3.8, 4) is 0 Å². The van der Waals surface area contributed by atoms with Crippen LogP contribution >= 0.6 is 0 Å². The van der Waals surface area contributed by atoms with Gasteiger partial charge >= 0.3 is 5.97 Å². The van der Waals surface area contributed by atoms with Crippen LogP contribution in [0.4, 0.5) is 0 Å². The molecule has 0 heterocycles. The maximum Gasteiger partial charge on any atom is 0.310 e. The second-order valence-electron chi connectivity index (χ2n) is 2.61. The molecule has 2 atom stereocenters. The van der Waals surface area contributed by atoms with Crippen molar-refractivity contribution >= 4 is 5.97 Å². The van der Waals surface area contributed by atoms with Crippen molar-refractivity contribution in [3.63, 3.8) is 0 Å². The summed E-state index contributed by atoms with van der Waals surface area (Å²) in [5.41, 5.74) is 0.771. The second kappa shape index (κ2) is 2.42. The SMILES string of the molecule is CC1=C[C@@H](C(=O)O)C[C@H]1O. The summed E-state index contributed by atoms with van der Waals surface area (Å²) >= 11 is 0. The first-order valence-electron chi connectivity index (χ1n) is 3.20. The Hall–Kier alpha value is -0.830. The van der Waals surface area contributed by atoms with Crippen LogP contribution in [-0.2, 0) is 4.79 Å². The number of carboxylic acids is 1. The highest BCUT2D eigenvalue weighted by atomic mass is 16.4. The van der Waals surface area contributed by atoms with Gasteiger partial charge in [0.05, 0.1) is 12.0 Å². The molecule has 3 heteroatoms. The molecule has 0 spiro atoms. The molecule has 0 aliphatic heterocycles. The van der Waals surface area contributed by atoms with Crippen LogP contribution in [0, 0.1) is 5.92 Å². The maximum absolute atomic E-state index is 10.3. The predicted octanol–water partition coefficient (Wildman–Crippen LogP) is 0.398. The first-order chi connectivity index (χ1) is 4.61. The van der Waals surface area contributed by atoms with E-state index in [9.17, 15) is 4.79 Å². The van der Waals surface area contributed by atoms with Gasteiger partial charge in [-0.15, -0.1) is 0 Å². The lowest BCUT2D eigenvalue weighted by Crippen LogP contribution is -2.11. The van der Waals surface area contributed by atoms with Crippen molar-refractivity contribution in [2.45, 2.75) is 19.4 Å². The first kappa shape index (κ1) is 7.28. The normalized spacial score (nSPS) is 32.0. The molecular formula is C7H10O3. The Morgan fingerprint density at radius 2 is 2.40 bits per heavy atom. The van der Waals surface area contributed by atoms with Gasteiger partial charge in [-0.3, -0.25) is 4.79 Å². The zero-order valence-corrected chi connectivity index (χ0v) is 5.74. The standard InChI is InChI=1S/C7H10O3/c1-4-2-5(7(9)10)3-6(4)8/h2,5-6,8H,3H2,1H3,(H,9,10)/t5-,6-/m1/s1. The smallest absolute Gasteiger partial charge is 0.310 e. The van der Waals surface area contributed by atoms with Crippen LogP contribution < -0.4 is 0 Å². The molecule has 1 aliphatic rings. The van der Waals surface area contributed by atoms with Gasteiger partial charge in [-0.25, -0.2) is 0 Å². The molecule has 0 saturated carbocycles. The molecule has 56 valence electrons. The highest BCUT2D eigenvalue weighted by molar-refractivity contribution is 5.73. The lowest BCUT2D eigenvalue weighted by Gasteiger charge is -2.02. The van der Waals surface area contributed by atoms with Crippen LogP contribution in [0.25, 0.3) is 0 Å². The van der Waals surface area contributed by atoms with Crippen LogP contribution in [0.5, 0.6) is 0 Å². The van der Waals surface area contributed by atoms with E-state index in [2.05, 4.69) is 0 Å². The molecule has 1 rings (SSSR count). The van der Waals surface area contributed by atoms with Crippen LogP contribution in [0.2, 0.25) is 0 Å². The minimum Gasteiger partial charge on any atom is -0.481 e. The zero-order valence-electron chi connectivity index (χ0n) is 5.74. The Morgan fingerprint density at radius 1 is 1.80 bits per heavy atom. The molecule has 10 heavy (non-hydrogen) atoms. The van der Waals surface area contributed by atoms with E-state index in [4.69, 9.17) is 10.2 Å². The second-order valence-corrected chi connectivity index (χ2v) is 2.61. The molecule has 0 aromatic heterocycles. The highest BCUT2D eigenvalue weighted by Crippen LogP contribution is 2.23. The summed E-state index contributed by atoms with van der Waals surface area (Å²) in [6.07, 6.45) is 1.40. The van der Waals surface area contributed by atoms with E-state index in [0.717, 1.165) is 5.57 Å². The number of carboxylic acid groups (broad SMARTS) is 1. The summed E-state index contributed by atoms with van der Waals surface area (Å²) in [6, 6.07) is 0. The van der Waals surface area contributed by atoms with Gasteiger partial charge in [0.25, 0.3) is 0 Å². The van der Waals surface area contributed by atoms with Gasteiger partial charge in [-0.05, 0) is 18.9 Å². The summed E-state index contributed by atoms with van der Waals surface area (Å²) in [4.78, 5) is 10.3. The number of hydrogen-bond acceptors (Lipinski definition) is 2. The number of rotatable bonds is 1. The molecule has 2 N–H and O–H groups in total. The Balaban J connectivity index is 2.65. The van der Waals surface area contributed by atoms with Gasteiger partial charge in [0.1, 0.15) is 0 Å². The van der Waals surface area contributed by atoms with Crippen molar-refractivity contribution < 1.29 is 15.0 Å². The van der Waals surface area contributed by atoms with E-state index in [1.165, 1.54) is 0 Å². The topological polar surface area (TPSA) is 57.5 Å². The van der Waals surface area contributed by atoms with Crippen LogP contribution in [0.15, 0.2) is 11.6 Å². The summed E-state index contributed by atoms with van der Waals surface area (Å²) in [5, 5.41) is 17.6. The fraction of sp³-hybridized carbons (Fsp3) is 0.571. The quantitative estimate of drug-likeness (QED) is 0.521. The monoisotopic (exact) mass is 142 g/mol. The van der Waals surface area contributed by atoms with Crippen molar-refractivity contribution in [1.29, 1.82) is 0 Å². The fourth-order valence-electron chi connectivity index (χ4n) is 1.09. The fourth-order valence-corrected chi connectivity index (χ4v) is 1.09. The van der Waals surface area contributed by atoms with Gasteiger partial charge in [-0.1, -0.05) is 6.08 Å². The van der Waals surface area contributed by atoms with Crippen LogP contribution in [0.3, 0.4) is 0 Å². The lowest BCUT2D eigenvalue weighted by molar-refractivity contribution is -0.140. The molecule has 0 aromatic rings. The van der Waals surface area contributed by atoms with E-state index in [-0.39, 0.29) is 0 Å². The molecule has 0 bridgehead atoms. The molecule has 0 amide bonds. The first-order valence-corrected chi connectivity index (χ1v) is 3.20. The van der Waals surface area contributed by atoms with Crippen molar-refractivity contribution in [3.05, 3.63) is 11.6 Å². The molecule has 1 aliphatic carbocycles.